The molecule has 0 aliphatic heterocycles. The first-order valence-corrected chi connectivity index (χ1v) is 8.84. The Morgan fingerprint density at radius 3 is 2.81 bits per heavy atom. The van der Waals surface area contributed by atoms with E-state index in [0.717, 1.165) is 24.5 Å². The molecule has 1 heterocycles. The molecule has 7 heteroatoms. The molecular weight excluding hydrogens is 286 g/mol. The van der Waals surface area contributed by atoms with Crippen LogP contribution in [0.5, 0.6) is 0 Å². The topological polar surface area (TPSA) is 72.7 Å². The maximum absolute atomic E-state index is 12.2. The molecule has 2 aliphatic rings. The van der Waals surface area contributed by atoms with Gasteiger partial charge in [0.05, 0.1) is 11.3 Å². The molecule has 0 saturated heterocycles. The third-order valence-electron chi connectivity index (χ3n) is 4.30. The Bertz CT molecular complexity index is 481. The quantitative estimate of drug-likeness (QED) is 0.815. The van der Waals surface area contributed by atoms with Crippen LogP contribution in [0.1, 0.15) is 57.9 Å². The molecule has 2 aliphatic carbocycles. The van der Waals surface area contributed by atoms with Crippen molar-refractivity contribution in [2.24, 2.45) is 5.92 Å². The summed E-state index contributed by atoms with van der Waals surface area (Å²) < 4.78 is 1.86. The Hall–Kier alpha value is -1.11. The van der Waals surface area contributed by atoms with Gasteiger partial charge in [-0.15, -0.1) is 5.10 Å². The van der Waals surface area contributed by atoms with Crippen molar-refractivity contribution in [3.63, 3.8) is 0 Å². The second-order valence-electron chi connectivity index (χ2n) is 6.15. The van der Waals surface area contributed by atoms with Crippen molar-refractivity contribution in [2.75, 3.05) is 6.54 Å². The van der Waals surface area contributed by atoms with Gasteiger partial charge in [-0.1, -0.05) is 31.0 Å². The molecule has 116 valence electrons. The molecule has 1 atom stereocenters. The summed E-state index contributed by atoms with van der Waals surface area (Å²) in [5.74, 6) is 0.757. The highest BCUT2D eigenvalue weighted by atomic mass is 32.2. The van der Waals surface area contributed by atoms with Crippen molar-refractivity contribution in [3.8, 4) is 0 Å². The molecule has 2 fully saturated rings. The van der Waals surface area contributed by atoms with E-state index in [9.17, 15) is 4.79 Å². The van der Waals surface area contributed by atoms with Crippen molar-refractivity contribution >= 4 is 17.7 Å². The monoisotopic (exact) mass is 309 g/mol. The molecule has 1 amide bonds. The Morgan fingerprint density at radius 1 is 1.33 bits per heavy atom. The zero-order valence-electron chi connectivity index (χ0n) is 12.5. The lowest BCUT2D eigenvalue weighted by Gasteiger charge is -2.22. The van der Waals surface area contributed by atoms with Gasteiger partial charge in [0.25, 0.3) is 0 Å². The number of carbonyl (C=O) groups is 1. The van der Waals surface area contributed by atoms with Gasteiger partial charge in [-0.2, -0.15) is 0 Å². The third kappa shape index (κ3) is 3.96. The van der Waals surface area contributed by atoms with Gasteiger partial charge in [0.2, 0.25) is 11.1 Å². The molecule has 1 aromatic rings. The smallest absolute Gasteiger partial charge is 0.233 e. The van der Waals surface area contributed by atoms with Gasteiger partial charge in [-0.25, -0.2) is 4.68 Å². The zero-order valence-corrected chi connectivity index (χ0v) is 13.3. The van der Waals surface area contributed by atoms with Crippen LogP contribution in [0.25, 0.3) is 0 Å². The maximum Gasteiger partial charge on any atom is 0.233 e. The molecule has 1 unspecified atom stereocenters. The number of aromatic nitrogens is 4. The highest BCUT2D eigenvalue weighted by Gasteiger charge is 2.29. The second kappa shape index (κ2) is 6.77. The van der Waals surface area contributed by atoms with Crippen LogP contribution in [0.2, 0.25) is 0 Å². The SMILES string of the molecule is CC(Sc1nnnn1C1CC1)C(=O)NCC1CCCCC1. The molecule has 6 nitrogen and oxygen atoms in total. The Balaban J connectivity index is 1.46. The first kappa shape index (κ1) is 14.8. The summed E-state index contributed by atoms with van der Waals surface area (Å²) in [5.41, 5.74) is 0. The van der Waals surface area contributed by atoms with E-state index in [-0.39, 0.29) is 11.2 Å². The van der Waals surface area contributed by atoms with E-state index >= 15 is 0 Å². The number of tetrazole rings is 1. The number of nitrogens with one attached hydrogen (secondary N) is 1. The Kier molecular flexibility index (Phi) is 4.77. The molecule has 0 bridgehead atoms. The van der Waals surface area contributed by atoms with Crippen molar-refractivity contribution in [3.05, 3.63) is 0 Å². The molecule has 1 aromatic heterocycles. The minimum Gasteiger partial charge on any atom is -0.355 e. The molecule has 0 aromatic carbocycles. The van der Waals surface area contributed by atoms with Crippen LogP contribution in [-0.2, 0) is 4.79 Å². The Morgan fingerprint density at radius 2 is 2.10 bits per heavy atom. The first-order chi connectivity index (χ1) is 10.2. The predicted molar refractivity (Wildman–Crippen MR) is 81.0 cm³/mol. The minimum atomic E-state index is -0.155. The molecule has 1 N–H and O–H groups in total. The lowest BCUT2D eigenvalue weighted by molar-refractivity contribution is -0.120. The van der Waals surface area contributed by atoms with Crippen LogP contribution in [0.15, 0.2) is 5.16 Å². The predicted octanol–water partition coefficient (Wildman–Crippen LogP) is 2.19. The van der Waals surface area contributed by atoms with E-state index in [1.807, 2.05) is 11.6 Å². The van der Waals surface area contributed by atoms with Gasteiger partial charge in [-0.3, -0.25) is 4.79 Å². The summed E-state index contributed by atoms with van der Waals surface area (Å²) in [6.07, 6.45) is 8.74. The highest BCUT2D eigenvalue weighted by molar-refractivity contribution is 8.00. The summed E-state index contributed by atoms with van der Waals surface area (Å²) in [5, 5.41) is 15.5. The van der Waals surface area contributed by atoms with Gasteiger partial charge in [0, 0.05) is 6.54 Å². The van der Waals surface area contributed by atoms with Crippen LogP contribution in [-0.4, -0.2) is 37.9 Å². The largest absolute Gasteiger partial charge is 0.355 e. The number of hydrogen-bond donors (Lipinski definition) is 1. The van der Waals surface area contributed by atoms with Gasteiger partial charge < -0.3 is 5.32 Å². The highest BCUT2D eigenvalue weighted by Crippen LogP contribution is 2.37. The lowest BCUT2D eigenvalue weighted by atomic mass is 9.89. The summed E-state index contributed by atoms with van der Waals surface area (Å²) in [4.78, 5) is 12.2. The molecule has 0 spiro atoms. The first-order valence-electron chi connectivity index (χ1n) is 7.96. The molecule has 2 saturated carbocycles. The molecular formula is C14H23N5OS. The average Bonchev–Trinajstić information content (AvgIpc) is 3.26. The normalized spacial score (nSPS) is 21.2. The summed E-state index contributed by atoms with van der Waals surface area (Å²) >= 11 is 1.45. The van der Waals surface area contributed by atoms with Crippen molar-refractivity contribution in [1.82, 2.24) is 25.5 Å². The van der Waals surface area contributed by atoms with E-state index in [0.29, 0.717) is 12.0 Å². The van der Waals surface area contributed by atoms with Crippen molar-refractivity contribution in [2.45, 2.75) is 68.3 Å². The number of nitrogens with zero attached hydrogens (tertiary/aromatic N) is 4. The summed E-state index contributed by atoms with van der Waals surface area (Å²) in [6, 6.07) is 0.444. The molecule has 21 heavy (non-hydrogen) atoms. The second-order valence-corrected chi connectivity index (χ2v) is 7.45. The molecule has 3 rings (SSSR count). The zero-order chi connectivity index (χ0) is 14.7. The number of carbonyl (C=O) groups excluding carboxylic acids is 1. The van der Waals surface area contributed by atoms with Crippen molar-refractivity contribution in [1.29, 1.82) is 0 Å². The van der Waals surface area contributed by atoms with E-state index in [1.54, 1.807) is 0 Å². The van der Waals surface area contributed by atoms with Crippen LogP contribution in [0.4, 0.5) is 0 Å². The van der Waals surface area contributed by atoms with Gasteiger partial charge >= 0.3 is 0 Å². The van der Waals surface area contributed by atoms with E-state index in [2.05, 4.69) is 20.8 Å². The van der Waals surface area contributed by atoms with Crippen LogP contribution >= 0.6 is 11.8 Å². The summed E-state index contributed by atoms with van der Waals surface area (Å²) in [7, 11) is 0. The average molecular weight is 309 g/mol. The van der Waals surface area contributed by atoms with Gasteiger partial charge in [0.15, 0.2) is 0 Å². The van der Waals surface area contributed by atoms with Crippen LogP contribution < -0.4 is 5.32 Å². The maximum atomic E-state index is 12.2. The van der Waals surface area contributed by atoms with Gasteiger partial charge in [-0.05, 0) is 49.0 Å². The number of rotatable bonds is 6. The third-order valence-corrected chi connectivity index (χ3v) is 5.34. The van der Waals surface area contributed by atoms with Crippen LogP contribution in [0.3, 0.4) is 0 Å². The van der Waals surface area contributed by atoms with Crippen molar-refractivity contribution < 1.29 is 4.79 Å². The number of hydrogen-bond acceptors (Lipinski definition) is 5. The van der Waals surface area contributed by atoms with E-state index < -0.39 is 0 Å². The Labute approximate surface area is 129 Å². The fourth-order valence-corrected chi connectivity index (χ4v) is 3.69. The lowest BCUT2D eigenvalue weighted by Crippen LogP contribution is -2.35. The standard InChI is InChI=1S/C14H23N5OS/c1-10(13(20)15-9-11-5-3-2-4-6-11)21-14-16-17-18-19(14)12-7-8-12/h10-12H,2-9H2,1H3,(H,15,20). The number of amides is 1. The fourth-order valence-electron chi connectivity index (χ4n) is 2.80. The van der Waals surface area contributed by atoms with Gasteiger partial charge in [0.1, 0.15) is 0 Å². The molecule has 0 radical (unpaired) electrons. The fraction of sp³-hybridized carbons (Fsp3) is 0.857. The van der Waals surface area contributed by atoms with Crippen LogP contribution in [0, 0.1) is 5.92 Å². The minimum absolute atomic E-state index is 0.0934. The van der Waals surface area contributed by atoms with E-state index in [1.165, 1.54) is 43.9 Å². The number of thioether (sulfide) groups is 1. The summed E-state index contributed by atoms with van der Waals surface area (Å²) in [6.45, 7) is 2.74. The van der Waals surface area contributed by atoms with E-state index in [4.69, 9.17) is 0 Å².